The fraction of sp³-hybridized carbons (Fsp3) is 0.500. The van der Waals surface area contributed by atoms with Gasteiger partial charge < -0.3 is 4.74 Å². The van der Waals surface area contributed by atoms with E-state index in [1.54, 1.807) is 27.7 Å². The van der Waals surface area contributed by atoms with Crippen LogP contribution in [0.1, 0.15) is 38.8 Å². The molecular formula is C14H20O4. The highest BCUT2D eigenvalue weighted by Crippen LogP contribution is 2.23. The summed E-state index contributed by atoms with van der Waals surface area (Å²) in [6, 6.07) is 7.39. The molecule has 0 bridgehead atoms. The molecule has 100 valence electrons. The zero-order chi connectivity index (χ0) is 13.8. The molecule has 0 atom stereocenters. The maximum Gasteiger partial charge on any atom is 0.308 e. The Morgan fingerprint density at radius 2 is 1.83 bits per heavy atom. The number of ether oxygens (including phenoxy) is 1. The maximum absolute atomic E-state index is 11.3. The first-order valence-electron chi connectivity index (χ1n) is 5.95. The standard InChI is InChI=1S/C14H20O4/c1-10(2)13(15)17-9-11-5-7-12(8-6-11)14(3,4)18-16/h5-8,10,16H,9H2,1-4H3. The molecule has 0 amide bonds. The van der Waals surface area contributed by atoms with Gasteiger partial charge in [0.15, 0.2) is 0 Å². The summed E-state index contributed by atoms with van der Waals surface area (Å²) in [6.45, 7) is 7.39. The van der Waals surface area contributed by atoms with Crippen LogP contribution < -0.4 is 0 Å². The normalized spacial score (nSPS) is 11.7. The quantitative estimate of drug-likeness (QED) is 0.497. The van der Waals surface area contributed by atoms with E-state index < -0.39 is 5.60 Å². The van der Waals surface area contributed by atoms with Gasteiger partial charge in [-0.3, -0.25) is 10.1 Å². The van der Waals surface area contributed by atoms with Crippen LogP contribution in [-0.2, 0) is 26.6 Å². The first kappa shape index (κ1) is 14.7. The highest BCUT2D eigenvalue weighted by Gasteiger charge is 2.21. The highest BCUT2D eigenvalue weighted by molar-refractivity contribution is 5.71. The van der Waals surface area contributed by atoms with Crippen LogP contribution in [0, 0.1) is 5.92 Å². The van der Waals surface area contributed by atoms with Crippen molar-refractivity contribution in [3.8, 4) is 0 Å². The smallest absolute Gasteiger partial charge is 0.308 e. The summed E-state index contributed by atoms with van der Waals surface area (Å²) >= 11 is 0. The molecule has 0 radical (unpaired) electrons. The number of hydrogen-bond donors (Lipinski definition) is 1. The lowest BCUT2D eigenvalue weighted by molar-refractivity contribution is -0.318. The first-order chi connectivity index (χ1) is 8.36. The van der Waals surface area contributed by atoms with Crippen LogP contribution in [0.3, 0.4) is 0 Å². The average molecular weight is 252 g/mol. The van der Waals surface area contributed by atoms with Crippen LogP contribution in [0.4, 0.5) is 0 Å². The second kappa shape index (κ2) is 5.98. The summed E-state index contributed by atoms with van der Waals surface area (Å²) in [5.74, 6) is -0.330. The molecule has 1 aromatic carbocycles. The van der Waals surface area contributed by atoms with E-state index >= 15 is 0 Å². The van der Waals surface area contributed by atoms with Crippen molar-refractivity contribution in [1.29, 1.82) is 0 Å². The largest absolute Gasteiger partial charge is 0.461 e. The third-order valence-electron chi connectivity index (χ3n) is 2.73. The van der Waals surface area contributed by atoms with E-state index in [1.165, 1.54) is 0 Å². The molecule has 0 spiro atoms. The Kier molecular flexibility index (Phi) is 4.87. The van der Waals surface area contributed by atoms with Crippen molar-refractivity contribution >= 4 is 5.97 Å². The minimum Gasteiger partial charge on any atom is -0.461 e. The molecular weight excluding hydrogens is 232 g/mol. The molecule has 0 unspecified atom stereocenters. The van der Waals surface area contributed by atoms with E-state index in [-0.39, 0.29) is 18.5 Å². The van der Waals surface area contributed by atoms with Gasteiger partial charge in [0.2, 0.25) is 0 Å². The van der Waals surface area contributed by atoms with E-state index in [9.17, 15) is 4.79 Å². The lowest BCUT2D eigenvalue weighted by atomic mass is 9.97. The van der Waals surface area contributed by atoms with Crippen LogP contribution in [0.5, 0.6) is 0 Å². The van der Waals surface area contributed by atoms with E-state index in [4.69, 9.17) is 9.99 Å². The zero-order valence-corrected chi connectivity index (χ0v) is 11.3. The van der Waals surface area contributed by atoms with Gasteiger partial charge >= 0.3 is 5.97 Å². The second-order valence-electron chi connectivity index (χ2n) is 5.06. The van der Waals surface area contributed by atoms with Crippen molar-refractivity contribution in [2.24, 2.45) is 5.92 Å². The van der Waals surface area contributed by atoms with Gasteiger partial charge in [0.25, 0.3) is 0 Å². The lowest BCUT2D eigenvalue weighted by Gasteiger charge is -2.21. The predicted octanol–water partition coefficient (Wildman–Crippen LogP) is 3.11. The minimum atomic E-state index is -0.743. The van der Waals surface area contributed by atoms with Gasteiger partial charge in [0.1, 0.15) is 12.2 Å². The number of hydrogen-bond acceptors (Lipinski definition) is 4. The molecule has 0 aromatic heterocycles. The molecule has 0 aliphatic rings. The summed E-state index contributed by atoms with van der Waals surface area (Å²) in [4.78, 5) is 15.7. The molecule has 4 heteroatoms. The zero-order valence-electron chi connectivity index (χ0n) is 11.3. The molecule has 1 N–H and O–H groups in total. The Morgan fingerprint density at radius 3 is 2.28 bits per heavy atom. The molecule has 0 heterocycles. The molecule has 0 aliphatic carbocycles. The molecule has 0 saturated carbocycles. The van der Waals surface area contributed by atoms with Crippen LogP contribution in [-0.4, -0.2) is 11.2 Å². The Morgan fingerprint density at radius 1 is 1.28 bits per heavy atom. The van der Waals surface area contributed by atoms with Crippen molar-refractivity contribution in [3.05, 3.63) is 35.4 Å². The van der Waals surface area contributed by atoms with E-state index in [1.807, 2.05) is 24.3 Å². The van der Waals surface area contributed by atoms with Crippen LogP contribution >= 0.6 is 0 Å². The summed E-state index contributed by atoms with van der Waals surface area (Å²) in [5.41, 5.74) is 1.01. The van der Waals surface area contributed by atoms with Crippen LogP contribution in [0.25, 0.3) is 0 Å². The highest BCUT2D eigenvalue weighted by atomic mass is 17.1. The SMILES string of the molecule is CC(C)C(=O)OCc1ccc(C(C)(C)OO)cc1. The van der Waals surface area contributed by atoms with Gasteiger partial charge in [-0.25, -0.2) is 4.89 Å². The molecule has 0 aliphatic heterocycles. The van der Waals surface area contributed by atoms with Gasteiger partial charge in [-0.1, -0.05) is 38.1 Å². The predicted molar refractivity (Wildman–Crippen MR) is 67.8 cm³/mol. The van der Waals surface area contributed by atoms with Crippen molar-refractivity contribution in [2.75, 3.05) is 0 Å². The van der Waals surface area contributed by atoms with Crippen molar-refractivity contribution in [2.45, 2.75) is 39.9 Å². The molecule has 18 heavy (non-hydrogen) atoms. The summed E-state index contributed by atoms with van der Waals surface area (Å²) in [5, 5.41) is 8.78. The molecule has 4 nitrogen and oxygen atoms in total. The van der Waals surface area contributed by atoms with Crippen molar-refractivity contribution in [1.82, 2.24) is 0 Å². The summed E-state index contributed by atoms with van der Waals surface area (Å²) in [6.07, 6.45) is 0. The van der Waals surface area contributed by atoms with Gasteiger partial charge in [-0.05, 0) is 25.0 Å². The molecule has 1 rings (SSSR count). The Balaban J connectivity index is 2.64. The lowest BCUT2D eigenvalue weighted by Crippen LogP contribution is -2.19. The van der Waals surface area contributed by atoms with Crippen molar-refractivity contribution in [3.63, 3.8) is 0 Å². The average Bonchev–Trinajstić information content (AvgIpc) is 2.36. The fourth-order valence-electron chi connectivity index (χ4n) is 1.38. The molecule has 0 saturated heterocycles. The monoisotopic (exact) mass is 252 g/mol. The fourth-order valence-corrected chi connectivity index (χ4v) is 1.38. The maximum atomic E-state index is 11.3. The van der Waals surface area contributed by atoms with Gasteiger partial charge in [-0.15, -0.1) is 0 Å². The third-order valence-corrected chi connectivity index (χ3v) is 2.73. The minimum absolute atomic E-state index is 0.119. The Hall–Kier alpha value is -1.39. The van der Waals surface area contributed by atoms with Crippen LogP contribution in [0.15, 0.2) is 24.3 Å². The summed E-state index contributed by atoms with van der Waals surface area (Å²) in [7, 11) is 0. The van der Waals surface area contributed by atoms with Gasteiger partial charge in [0.05, 0.1) is 5.92 Å². The van der Waals surface area contributed by atoms with E-state index in [0.717, 1.165) is 11.1 Å². The van der Waals surface area contributed by atoms with E-state index in [2.05, 4.69) is 4.89 Å². The second-order valence-corrected chi connectivity index (χ2v) is 5.06. The summed E-state index contributed by atoms with van der Waals surface area (Å²) < 4.78 is 5.12. The third kappa shape index (κ3) is 3.82. The number of benzene rings is 1. The topological polar surface area (TPSA) is 55.8 Å². The Labute approximate surface area is 107 Å². The van der Waals surface area contributed by atoms with Gasteiger partial charge in [0, 0.05) is 0 Å². The molecule has 1 aromatic rings. The van der Waals surface area contributed by atoms with Crippen molar-refractivity contribution < 1.29 is 19.7 Å². The first-order valence-corrected chi connectivity index (χ1v) is 5.95. The van der Waals surface area contributed by atoms with Gasteiger partial charge in [-0.2, -0.15) is 0 Å². The Bertz CT molecular complexity index is 393. The number of rotatable bonds is 5. The number of carbonyl (C=O) groups excluding carboxylic acids is 1. The number of esters is 1. The van der Waals surface area contributed by atoms with E-state index in [0.29, 0.717) is 0 Å². The van der Waals surface area contributed by atoms with Crippen LogP contribution in [0.2, 0.25) is 0 Å². The number of carbonyl (C=O) groups is 1. The molecule has 0 fully saturated rings.